The molecule has 6 heteroatoms. The highest BCUT2D eigenvalue weighted by Crippen LogP contribution is 2.39. The maximum absolute atomic E-state index is 12.9. The predicted molar refractivity (Wildman–Crippen MR) is 113 cm³/mol. The van der Waals surface area contributed by atoms with Crippen LogP contribution in [0, 0.1) is 11.8 Å². The summed E-state index contributed by atoms with van der Waals surface area (Å²) < 4.78 is 5.67. The van der Waals surface area contributed by atoms with Gasteiger partial charge in [0.25, 0.3) is 0 Å². The average Bonchev–Trinajstić information content (AvgIpc) is 2.65. The number of nitrogens with zero attached hydrogens (tertiary/aromatic N) is 1. The van der Waals surface area contributed by atoms with Crippen molar-refractivity contribution < 1.29 is 19.4 Å². The van der Waals surface area contributed by atoms with Crippen LogP contribution in [0.1, 0.15) is 71.0 Å². The second-order valence-corrected chi connectivity index (χ2v) is 9.67. The van der Waals surface area contributed by atoms with Crippen LogP contribution in [0.2, 0.25) is 0 Å². The van der Waals surface area contributed by atoms with Gasteiger partial charge in [-0.1, -0.05) is 26.0 Å². The number of ether oxygens (including phenoxy) is 1. The Morgan fingerprint density at radius 1 is 1.28 bits per heavy atom. The van der Waals surface area contributed by atoms with Gasteiger partial charge in [0.1, 0.15) is 5.60 Å². The van der Waals surface area contributed by atoms with Crippen molar-refractivity contribution in [1.82, 2.24) is 4.90 Å². The number of hydrogen-bond donors (Lipinski definition) is 2. The first-order valence-corrected chi connectivity index (χ1v) is 10.7. The maximum Gasteiger partial charge on any atom is 0.410 e. The zero-order chi connectivity index (χ0) is 21.3. The highest BCUT2D eigenvalue weighted by atomic mass is 16.6. The third-order valence-corrected chi connectivity index (χ3v) is 5.85. The third-order valence-electron chi connectivity index (χ3n) is 5.85. The third kappa shape index (κ3) is 5.10. The summed E-state index contributed by atoms with van der Waals surface area (Å²) in [6.45, 7) is 10.2. The topological polar surface area (TPSA) is 78.9 Å². The van der Waals surface area contributed by atoms with Gasteiger partial charge in [0.2, 0.25) is 5.91 Å². The van der Waals surface area contributed by atoms with E-state index in [9.17, 15) is 14.7 Å². The number of aliphatic hydroxyl groups is 1. The molecule has 3 unspecified atom stereocenters. The Morgan fingerprint density at radius 2 is 2.00 bits per heavy atom. The molecular formula is C23H34N2O4. The number of likely N-dealkylation sites (tertiary alicyclic amines) is 1. The Labute approximate surface area is 173 Å². The van der Waals surface area contributed by atoms with Gasteiger partial charge in [-0.15, -0.1) is 0 Å². The Bertz CT molecular complexity index is 769. The number of anilines is 1. The van der Waals surface area contributed by atoms with E-state index in [1.165, 1.54) is 0 Å². The Balaban J connectivity index is 1.89. The second kappa shape index (κ2) is 8.34. The SMILES string of the molecule is CC(C)C(O)C1CCN(C(=O)OC(C)(C)C)C(c2ccc3c(c2)CCC(=O)N3)C1. The lowest BCUT2D eigenvalue weighted by Gasteiger charge is -2.42. The molecule has 2 aliphatic heterocycles. The summed E-state index contributed by atoms with van der Waals surface area (Å²) in [7, 11) is 0. The smallest absolute Gasteiger partial charge is 0.410 e. The van der Waals surface area contributed by atoms with Crippen LogP contribution in [0.3, 0.4) is 0 Å². The molecule has 0 spiro atoms. The van der Waals surface area contributed by atoms with Gasteiger partial charge in [-0.25, -0.2) is 4.79 Å². The molecular weight excluding hydrogens is 368 g/mol. The number of amides is 2. The van der Waals surface area contributed by atoms with Gasteiger partial charge in [-0.3, -0.25) is 4.79 Å². The number of nitrogens with one attached hydrogen (secondary N) is 1. The summed E-state index contributed by atoms with van der Waals surface area (Å²) in [6, 6.07) is 5.86. The summed E-state index contributed by atoms with van der Waals surface area (Å²) in [5, 5.41) is 13.6. The van der Waals surface area contributed by atoms with Crippen molar-refractivity contribution in [2.75, 3.05) is 11.9 Å². The van der Waals surface area contributed by atoms with Crippen LogP contribution in [0.5, 0.6) is 0 Å². The van der Waals surface area contributed by atoms with Gasteiger partial charge in [0, 0.05) is 18.7 Å². The Kier molecular flexibility index (Phi) is 6.22. The zero-order valence-electron chi connectivity index (χ0n) is 18.2. The van der Waals surface area contributed by atoms with Crippen LogP contribution in [-0.2, 0) is 16.0 Å². The number of carbonyl (C=O) groups excluding carboxylic acids is 2. The van der Waals surface area contributed by atoms with Gasteiger partial charge in [0.15, 0.2) is 0 Å². The number of piperidine rings is 1. The Morgan fingerprint density at radius 3 is 2.66 bits per heavy atom. The van der Waals surface area contributed by atoms with Crippen LogP contribution in [0.25, 0.3) is 0 Å². The summed E-state index contributed by atoms with van der Waals surface area (Å²) >= 11 is 0. The molecule has 0 bridgehead atoms. The fraction of sp³-hybridized carbons (Fsp3) is 0.652. The standard InChI is InChI=1S/C23H34N2O4/c1-14(2)21(27)17-10-11-25(22(28)29-23(3,4)5)19(13-17)16-6-8-18-15(12-16)7-9-20(26)24-18/h6,8,12,14,17,19,21,27H,7,9-11,13H2,1-5H3,(H,24,26). The molecule has 3 rings (SSSR count). The molecule has 0 aromatic heterocycles. The molecule has 2 heterocycles. The largest absolute Gasteiger partial charge is 0.444 e. The first-order valence-electron chi connectivity index (χ1n) is 10.7. The minimum Gasteiger partial charge on any atom is -0.444 e. The van der Waals surface area contributed by atoms with Crippen molar-refractivity contribution >= 4 is 17.7 Å². The van der Waals surface area contributed by atoms with Crippen molar-refractivity contribution in [1.29, 1.82) is 0 Å². The molecule has 1 aromatic carbocycles. The Hall–Kier alpha value is -2.08. The number of aryl methyl sites for hydroxylation is 1. The lowest BCUT2D eigenvalue weighted by molar-refractivity contribution is -0.116. The normalized spacial score (nSPS) is 23.4. The quantitative estimate of drug-likeness (QED) is 0.791. The van der Waals surface area contributed by atoms with Gasteiger partial charge < -0.3 is 20.1 Å². The van der Waals surface area contributed by atoms with Crippen molar-refractivity contribution in [2.45, 2.75) is 78.0 Å². The number of rotatable bonds is 3. The van der Waals surface area contributed by atoms with E-state index in [0.717, 1.165) is 23.2 Å². The van der Waals surface area contributed by atoms with E-state index in [1.54, 1.807) is 4.90 Å². The molecule has 3 atom stereocenters. The number of carbonyl (C=O) groups is 2. The van der Waals surface area contributed by atoms with Crippen LogP contribution in [0.4, 0.5) is 10.5 Å². The number of aliphatic hydroxyl groups excluding tert-OH is 1. The monoisotopic (exact) mass is 402 g/mol. The minimum absolute atomic E-state index is 0.0402. The van der Waals surface area contributed by atoms with E-state index < -0.39 is 11.7 Å². The van der Waals surface area contributed by atoms with E-state index in [1.807, 2.05) is 46.8 Å². The van der Waals surface area contributed by atoms with Crippen LogP contribution < -0.4 is 5.32 Å². The molecule has 6 nitrogen and oxygen atoms in total. The summed E-state index contributed by atoms with van der Waals surface area (Å²) in [6.07, 6.45) is 1.93. The second-order valence-electron chi connectivity index (χ2n) is 9.67. The molecule has 2 aliphatic rings. The molecule has 1 aromatic rings. The first-order chi connectivity index (χ1) is 13.5. The van der Waals surface area contributed by atoms with Crippen molar-refractivity contribution in [3.05, 3.63) is 29.3 Å². The molecule has 0 radical (unpaired) electrons. The number of benzene rings is 1. The van der Waals surface area contributed by atoms with Crippen molar-refractivity contribution in [2.24, 2.45) is 11.8 Å². The maximum atomic E-state index is 12.9. The molecule has 1 saturated heterocycles. The summed E-state index contributed by atoms with van der Waals surface area (Å²) in [5.74, 6) is 0.348. The molecule has 29 heavy (non-hydrogen) atoms. The lowest BCUT2D eigenvalue weighted by Crippen LogP contribution is -2.46. The predicted octanol–water partition coefficient (Wildman–Crippen LogP) is 4.28. The number of hydrogen-bond acceptors (Lipinski definition) is 4. The highest BCUT2D eigenvalue weighted by molar-refractivity contribution is 5.93. The molecule has 2 N–H and O–H groups in total. The van der Waals surface area contributed by atoms with E-state index >= 15 is 0 Å². The summed E-state index contributed by atoms with van der Waals surface area (Å²) in [5.41, 5.74) is 2.42. The zero-order valence-corrected chi connectivity index (χ0v) is 18.2. The van der Waals surface area contributed by atoms with Gasteiger partial charge >= 0.3 is 6.09 Å². The van der Waals surface area contributed by atoms with E-state index in [0.29, 0.717) is 25.8 Å². The van der Waals surface area contributed by atoms with Crippen LogP contribution >= 0.6 is 0 Å². The van der Waals surface area contributed by atoms with E-state index in [-0.39, 0.29) is 29.9 Å². The van der Waals surface area contributed by atoms with Gasteiger partial charge in [0.05, 0.1) is 12.1 Å². The van der Waals surface area contributed by atoms with Gasteiger partial charge in [-0.05, 0) is 69.1 Å². The van der Waals surface area contributed by atoms with Crippen molar-refractivity contribution in [3.8, 4) is 0 Å². The average molecular weight is 403 g/mol. The van der Waals surface area contributed by atoms with Crippen molar-refractivity contribution in [3.63, 3.8) is 0 Å². The highest BCUT2D eigenvalue weighted by Gasteiger charge is 2.38. The minimum atomic E-state index is -0.559. The molecule has 160 valence electrons. The van der Waals surface area contributed by atoms with Gasteiger partial charge in [-0.2, -0.15) is 0 Å². The fourth-order valence-corrected chi connectivity index (χ4v) is 4.31. The lowest BCUT2D eigenvalue weighted by atomic mass is 9.80. The van der Waals surface area contributed by atoms with Crippen LogP contribution in [0.15, 0.2) is 18.2 Å². The molecule has 1 fully saturated rings. The molecule has 2 amide bonds. The van der Waals surface area contributed by atoms with Crippen LogP contribution in [-0.4, -0.2) is 40.3 Å². The number of fused-ring (bicyclic) bond motifs is 1. The first kappa shape index (κ1) is 21.6. The summed E-state index contributed by atoms with van der Waals surface area (Å²) in [4.78, 5) is 26.4. The molecule has 0 saturated carbocycles. The molecule has 0 aliphatic carbocycles. The van der Waals surface area contributed by atoms with E-state index in [2.05, 4.69) is 11.4 Å². The van der Waals surface area contributed by atoms with E-state index in [4.69, 9.17) is 4.74 Å². The fourth-order valence-electron chi connectivity index (χ4n) is 4.31.